The van der Waals surface area contributed by atoms with Crippen molar-refractivity contribution in [2.75, 3.05) is 0 Å². The zero-order chi connectivity index (χ0) is 12.1. The quantitative estimate of drug-likeness (QED) is 0.492. The lowest BCUT2D eigenvalue weighted by Crippen LogP contribution is -2.04. The smallest absolute Gasteiger partial charge is 0.260 e. The second kappa shape index (κ2) is 3.20. The van der Waals surface area contributed by atoms with E-state index in [0.29, 0.717) is 11.0 Å². The number of nitrogens with one attached hydrogen (secondary N) is 2. The minimum absolute atomic E-state index is 0.109. The number of hydrogen-bond donors (Lipinski definition) is 2. The summed E-state index contributed by atoms with van der Waals surface area (Å²) in [6.45, 7) is 0. The predicted octanol–water partition coefficient (Wildman–Crippen LogP) is 2.56. The first-order valence-corrected chi connectivity index (χ1v) is 5.71. The van der Waals surface area contributed by atoms with Crippen molar-refractivity contribution in [1.29, 1.82) is 0 Å². The van der Waals surface area contributed by atoms with Crippen LogP contribution in [0, 0.1) is 0 Å². The molecule has 2 aromatic carbocycles. The number of H-pyrrole nitrogens is 2. The molecule has 2 heterocycles. The van der Waals surface area contributed by atoms with Gasteiger partial charge in [0.25, 0.3) is 5.56 Å². The molecule has 0 radical (unpaired) electrons. The van der Waals surface area contributed by atoms with Gasteiger partial charge in [-0.25, -0.2) is 4.98 Å². The molecule has 0 fully saturated rings. The normalized spacial score (nSPS) is 11.6. The predicted molar refractivity (Wildman–Crippen MR) is 71.7 cm³/mol. The monoisotopic (exact) mass is 235 g/mol. The van der Waals surface area contributed by atoms with Crippen LogP contribution in [0.5, 0.6) is 0 Å². The number of benzene rings is 2. The van der Waals surface area contributed by atoms with E-state index in [1.807, 2.05) is 36.4 Å². The van der Waals surface area contributed by atoms with E-state index in [2.05, 4.69) is 15.0 Å². The molecule has 2 N–H and O–H groups in total. The molecule has 0 saturated heterocycles. The summed E-state index contributed by atoms with van der Waals surface area (Å²) >= 11 is 0. The number of hydrogen-bond acceptors (Lipinski definition) is 2. The SMILES string of the molecule is O=c1[nH]cnc2[nH]c3ccc4ccccc4c3c12. The molecule has 4 rings (SSSR count). The molecule has 4 heteroatoms. The van der Waals surface area contributed by atoms with Crippen LogP contribution in [0.1, 0.15) is 0 Å². The molecule has 0 bridgehead atoms. The second-order valence-corrected chi connectivity index (χ2v) is 4.29. The Morgan fingerprint density at radius 1 is 1.00 bits per heavy atom. The molecule has 0 spiro atoms. The third kappa shape index (κ3) is 1.09. The first-order chi connectivity index (χ1) is 8.84. The van der Waals surface area contributed by atoms with E-state index in [1.165, 1.54) is 6.33 Å². The maximum absolute atomic E-state index is 12.0. The summed E-state index contributed by atoms with van der Waals surface area (Å²) in [5.41, 5.74) is 1.46. The molecule has 0 aliphatic heterocycles. The minimum Gasteiger partial charge on any atom is -0.339 e. The summed E-state index contributed by atoms with van der Waals surface area (Å²) in [6, 6.07) is 12.1. The second-order valence-electron chi connectivity index (χ2n) is 4.29. The Morgan fingerprint density at radius 3 is 2.83 bits per heavy atom. The highest BCUT2D eigenvalue weighted by atomic mass is 16.1. The first kappa shape index (κ1) is 9.41. The molecule has 0 unspecified atom stereocenters. The topological polar surface area (TPSA) is 61.5 Å². The summed E-state index contributed by atoms with van der Waals surface area (Å²) in [6.07, 6.45) is 1.42. The van der Waals surface area contributed by atoms with Crippen molar-refractivity contribution in [3.05, 3.63) is 53.1 Å². The van der Waals surface area contributed by atoms with Crippen LogP contribution in [-0.2, 0) is 0 Å². The number of nitrogens with zero attached hydrogens (tertiary/aromatic N) is 1. The molecule has 4 aromatic rings. The van der Waals surface area contributed by atoms with Crippen LogP contribution in [0.25, 0.3) is 32.7 Å². The number of rotatable bonds is 0. The minimum atomic E-state index is -0.109. The maximum Gasteiger partial charge on any atom is 0.260 e. The first-order valence-electron chi connectivity index (χ1n) is 5.71. The van der Waals surface area contributed by atoms with Crippen molar-refractivity contribution in [1.82, 2.24) is 15.0 Å². The van der Waals surface area contributed by atoms with Gasteiger partial charge in [0.2, 0.25) is 0 Å². The lowest BCUT2D eigenvalue weighted by atomic mass is 10.1. The lowest BCUT2D eigenvalue weighted by Gasteiger charge is -1.98. The Bertz CT molecular complexity index is 949. The fourth-order valence-corrected chi connectivity index (χ4v) is 2.50. The van der Waals surface area contributed by atoms with Gasteiger partial charge in [-0.15, -0.1) is 0 Å². The molecule has 4 nitrogen and oxygen atoms in total. The standard InChI is InChI=1S/C14H9N3O/c18-14-12-11-9-4-2-1-3-8(9)5-6-10(11)17-13(12)15-7-16-14/h1-7H,(H2,15,16,17,18). The zero-order valence-corrected chi connectivity index (χ0v) is 9.40. The summed E-state index contributed by atoms with van der Waals surface area (Å²) in [7, 11) is 0. The molecule has 0 atom stereocenters. The highest BCUT2D eigenvalue weighted by molar-refractivity contribution is 6.19. The Morgan fingerprint density at radius 2 is 1.89 bits per heavy atom. The van der Waals surface area contributed by atoms with E-state index in [-0.39, 0.29) is 5.56 Å². The van der Waals surface area contributed by atoms with Crippen molar-refractivity contribution in [3.8, 4) is 0 Å². The zero-order valence-electron chi connectivity index (χ0n) is 9.40. The third-order valence-electron chi connectivity index (χ3n) is 3.29. The van der Waals surface area contributed by atoms with Gasteiger partial charge < -0.3 is 9.97 Å². The maximum atomic E-state index is 12.0. The fraction of sp³-hybridized carbons (Fsp3) is 0. The van der Waals surface area contributed by atoms with Crippen LogP contribution in [0.4, 0.5) is 0 Å². The molecule has 2 aromatic heterocycles. The molecule has 0 aliphatic rings. The van der Waals surface area contributed by atoms with Gasteiger partial charge in [-0.05, 0) is 16.8 Å². The molecule has 0 aliphatic carbocycles. The van der Waals surface area contributed by atoms with Crippen LogP contribution in [-0.4, -0.2) is 15.0 Å². The number of fused-ring (bicyclic) bond motifs is 5. The van der Waals surface area contributed by atoms with E-state index in [0.717, 1.165) is 21.7 Å². The Hall–Kier alpha value is -2.62. The van der Waals surface area contributed by atoms with E-state index in [1.54, 1.807) is 0 Å². The fourth-order valence-electron chi connectivity index (χ4n) is 2.50. The Kier molecular flexibility index (Phi) is 1.67. The highest BCUT2D eigenvalue weighted by Gasteiger charge is 2.11. The van der Waals surface area contributed by atoms with Crippen molar-refractivity contribution in [2.24, 2.45) is 0 Å². The van der Waals surface area contributed by atoms with Crippen molar-refractivity contribution in [3.63, 3.8) is 0 Å². The Labute approximate surface area is 101 Å². The van der Waals surface area contributed by atoms with Crippen LogP contribution >= 0.6 is 0 Å². The van der Waals surface area contributed by atoms with Gasteiger partial charge in [0.15, 0.2) is 0 Å². The molecule has 18 heavy (non-hydrogen) atoms. The molecule has 86 valence electrons. The average molecular weight is 235 g/mol. The summed E-state index contributed by atoms with van der Waals surface area (Å²) in [5.74, 6) is 0. The number of aromatic nitrogens is 3. The van der Waals surface area contributed by atoms with Gasteiger partial charge in [0.05, 0.1) is 11.7 Å². The molecule has 0 amide bonds. The van der Waals surface area contributed by atoms with E-state index in [4.69, 9.17) is 0 Å². The molecule has 0 saturated carbocycles. The Balaban J connectivity index is 2.44. The lowest BCUT2D eigenvalue weighted by molar-refractivity contribution is 1.16. The van der Waals surface area contributed by atoms with Gasteiger partial charge in [0.1, 0.15) is 5.65 Å². The van der Waals surface area contributed by atoms with Gasteiger partial charge in [-0.2, -0.15) is 0 Å². The van der Waals surface area contributed by atoms with E-state index in [9.17, 15) is 4.79 Å². The van der Waals surface area contributed by atoms with Crippen molar-refractivity contribution >= 4 is 32.7 Å². The van der Waals surface area contributed by atoms with Gasteiger partial charge >= 0.3 is 0 Å². The van der Waals surface area contributed by atoms with Crippen LogP contribution in [0.15, 0.2) is 47.5 Å². The van der Waals surface area contributed by atoms with Gasteiger partial charge in [-0.1, -0.05) is 30.3 Å². The van der Waals surface area contributed by atoms with E-state index >= 15 is 0 Å². The van der Waals surface area contributed by atoms with Crippen LogP contribution in [0.2, 0.25) is 0 Å². The van der Waals surface area contributed by atoms with Crippen molar-refractivity contribution < 1.29 is 0 Å². The van der Waals surface area contributed by atoms with Crippen LogP contribution in [0.3, 0.4) is 0 Å². The largest absolute Gasteiger partial charge is 0.339 e. The van der Waals surface area contributed by atoms with Crippen molar-refractivity contribution in [2.45, 2.75) is 0 Å². The molecular weight excluding hydrogens is 226 g/mol. The van der Waals surface area contributed by atoms with Gasteiger partial charge in [0, 0.05) is 10.9 Å². The highest BCUT2D eigenvalue weighted by Crippen LogP contribution is 2.29. The summed E-state index contributed by atoms with van der Waals surface area (Å²) < 4.78 is 0. The van der Waals surface area contributed by atoms with E-state index < -0.39 is 0 Å². The third-order valence-corrected chi connectivity index (χ3v) is 3.29. The average Bonchev–Trinajstić information content (AvgIpc) is 2.79. The summed E-state index contributed by atoms with van der Waals surface area (Å²) in [5, 5.41) is 3.76. The van der Waals surface area contributed by atoms with Crippen LogP contribution < -0.4 is 5.56 Å². The number of aromatic amines is 2. The van der Waals surface area contributed by atoms with Gasteiger partial charge in [-0.3, -0.25) is 4.79 Å². The molecular formula is C14H9N3O. The summed E-state index contributed by atoms with van der Waals surface area (Å²) in [4.78, 5) is 22.0.